The average Bonchev–Trinajstić information content (AvgIpc) is 2.39. The number of piperidine rings is 1. The van der Waals surface area contributed by atoms with Gasteiger partial charge in [-0.1, -0.05) is 18.2 Å². The van der Waals surface area contributed by atoms with Crippen molar-refractivity contribution in [2.45, 2.75) is 31.1 Å². The lowest BCUT2D eigenvalue weighted by Crippen LogP contribution is -2.45. The summed E-state index contributed by atoms with van der Waals surface area (Å²) in [5, 5.41) is 2.92. The molecule has 0 aliphatic carbocycles. The molecule has 1 heterocycles. The van der Waals surface area contributed by atoms with E-state index in [1.807, 2.05) is 0 Å². The fourth-order valence-corrected chi connectivity index (χ4v) is 2.38. The van der Waals surface area contributed by atoms with Gasteiger partial charge in [-0.15, -0.1) is 0 Å². The van der Waals surface area contributed by atoms with Gasteiger partial charge in [0.25, 0.3) is 0 Å². The van der Waals surface area contributed by atoms with Crippen LogP contribution in [-0.2, 0) is 17.4 Å². The molecule has 1 fully saturated rings. The van der Waals surface area contributed by atoms with E-state index in [0.717, 1.165) is 6.07 Å². The second-order valence-corrected chi connectivity index (χ2v) is 4.97. The van der Waals surface area contributed by atoms with Gasteiger partial charge in [-0.3, -0.25) is 4.79 Å². The molecule has 1 aliphatic rings. The van der Waals surface area contributed by atoms with Crippen molar-refractivity contribution in [2.75, 3.05) is 13.1 Å². The number of carbonyl (C=O) groups is 1. The first-order valence-corrected chi connectivity index (χ1v) is 6.41. The van der Waals surface area contributed by atoms with Crippen LogP contribution in [0.4, 0.5) is 17.6 Å². The highest BCUT2D eigenvalue weighted by Crippen LogP contribution is 2.33. The zero-order valence-electron chi connectivity index (χ0n) is 10.8. The Bertz CT molecular complexity index is 492. The molecule has 0 atom stereocenters. The molecule has 0 radical (unpaired) electrons. The second-order valence-electron chi connectivity index (χ2n) is 4.97. The summed E-state index contributed by atoms with van der Waals surface area (Å²) in [7, 11) is 0. The highest BCUT2D eigenvalue weighted by atomic mass is 19.4. The number of alkyl halides is 4. The smallest absolute Gasteiger partial charge is 0.316 e. The maximum atomic E-state index is 14.4. The molecule has 1 aliphatic heterocycles. The monoisotopic (exact) mass is 289 g/mol. The minimum absolute atomic E-state index is 0.0139. The lowest BCUT2D eigenvalue weighted by Gasteiger charge is -2.29. The lowest BCUT2D eigenvalue weighted by atomic mass is 9.86. The largest absolute Gasteiger partial charge is 0.416 e. The standard InChI is InChI=1S/C14H15F4NO/c15-13(5-7-19-8-6-13)12(20)9-10-3-1-2-4-11(10)14(16,17)18/h1-4,19H,5-9H2. The predicted octanol–water partition coefficient (Wildman–Crippen LogP) is 2.91. The third kappa shape index (κ3) is 3.17. The maximum absolute atomic E-state index is 14.4. The summed E-state index contributed by atoms with van der Waals surface area (Å²) in [6.07, 6.45) is -5.03. The van der Waals surface area contributed by atoms with Crippen LogP contribution in [0, 0.1) is 0 Å². The number of nitrogens with one attached hydrogen (secondary N) is 1. The quantitative estimate of drug-likeness (QED) is 0.867. The van der Waals surface area contributed by atoms with Crippen LogP contribution in [0.15, 0.2) is 24.3 Å². The van der Waals surface area contributed by atoms with Crippen LogP contribution >= 0.6 is 0 Å². The van der Waals surface area contributed by atoms with Gasteiger partial charge in [0.1, 0.15) is 0 Å². The molecule has 20 heavy (non-hydrogen) atoms. The zero-order chi connectivity index (χ0) is 14.8. The Labute approximate surface area is 114 Å². The van der Waals surface area contributed by atoms with E-state index in [4.69, 9.17) is 0 Å². The molecule has 1 aromatic rings. The topological polar surface area (TPSA) is 29.1 Å². The Kier molecular flexibility index (Phi) is 4.13. The second kappa shape index (κ2) is 5.52. The van der Waals surface area contributed by atoms with Gasteiger partial charge >= 0.3 is 6.18 Å². The van der Waals surface area contributed by atoms with Crippen molar-refractivity contribution in [3.8, 4) is 0 Å². The molecule has 1 saturated heterocycles. The summed E-state index contributed by atoms with van der Waals surface area (Å²) in [4.78, 5) is 12.0. The fourth-order valence-electron chi connectivity index (χ4n) is 2.38. The predicted molar refractivity (Wildman–Crippen MR) is 66.1 cm³/mol. The molecule has 110 valence electrons. The molecule has 1 aromatic carbocycles. The van der Waals surface area contributed by atoms with Crippen LogP contribution in [-0.4, -0.2) is 24.5 Å². The molecular formula is C14H15F4NO. The lowest BCUT2D eigenvalue weighted by molar-refractivity contribution is -0.138. The van der Waals surface area contributed by atoms with E-state index in [9.17, 15) is 22.4 Å². The van der Waals surface area contributed by atoms with Crippen LogP contribution in [0.1, 0.15) is 24.0 Å². The van der Waals surface area contributed by atoms with E-state index in [1.165, 1.54) is 18.2 Å². The van der Waals surface area contributed by atoms with Crippen molar-refractivity contribution in [2.24, 2.45) is 0 Å². The van der Waals surface area contributed by atoms with Crippen molar-refractivity contribution in [1.82, 2.24) is 5.32 Å². The number of hydrogen-bond donors (Lipinski definition) is 1. The van der Waals surface area contributed by atoms with Gasteiger partial charge in [-0.05, 0) is 24.7 Å². The van der Waals surface area contributed by atoms with Crippen molar-refractivity contribution >= 4 is 5.78 Å². The van der Waals surface area contributed by atoms with Crippen molar-refractivity contribution in [3.63, 3.8) is 0 Å². The van der Waals surface area contributed by atoms with Gasteiger partial charge < -0.3 is 5.32 Å². The van der Waals surface area contributed by atoms with Crippen LogP contribution in [0.2, 0.25) is 0 Å². The highest BCUT2D eigenvalue weighted by Gasteiger charge is 2.40. The van der Waals surface area contributed by atoms with Gasteiger partial charge in [-0.2, -0.15) is 13.2 Å². The normalized spacial score (nSPS) is 18.8. The average molecular weight is 289 g/mol. The Hall–Kier alpha value is -1.43. The summed E-state index contributed by atoms with van der Waals surface area (Å²) in [5.74, 6) is -0.768. The number of carbonyl (C=O) groups excluding carboxylic acids is 1. The Morgan fingerprint density at radius 1 is 1.20 bits per heavy atom. The fraction of sp³-hybridized carbons (Fsp3) is 0.500. The number of hydrogen-bond acceptors (Lipinski definition) is 2. The van der Waals surface area contributed by atoms with Gasteiger partial charge in [0.15, 0.2) is 11.5 Å². The number of benzene rings is 1. The van der Waals surface area contributed by atoms with Crippen molar-refractivity contribution in [3.05, 3.63) is 35.4 Å². The Morgan fingerprint density at radius 2 is 1.80 bits per heavy atom. The minimum Gasteiger partial charge on any atom is -0.316 e. The van der Waals surface area contributed by atoms with Gasteiger partial charge in [0.2, 0.25) is 0 Å². The molecule has 1 N–H and O–H groups in total. The number of halogens is 4. The molecule has 0 aromatic heterocycles. The molecule has 0 amide bonds. The number of Topliss-reactive ketones (excluding diaryl/α,β-unsaturated/α-hetero) is 1. The Balaban J connectivity index is 2.20. The third-order valence-corrected chi connectivity index (χ3v) is 3.57. The highest BCUT2D eigenvalue weighted by molar-refractivity contribution is 5.89. The molecular weight excluding hydrogens is 274 g/mol. The van der Waals surface area contributed by atoms with E-state index in [1.54, 1.807) is 0 Å². The minimum atomic E-state index is -4.53. The Morgan fingerprint density at radius 3 is 2.40 bits per heavy atom. The molecule has 6 heteroatoms. The SMILES string of the molecule is O=C(Cc1ccccc1C(F)(F)F)C1(F)CCNCC1. The first-order chi connectivity index (χ1) is 9.33. The summed E-state index contributed by atoms with van der Waals surface area (Å²) >= 11 is 0. The summed E-state index contributed by atoms with van der Waals surface area (Å²) in [6, 6.07) is 4.82. The van der Waals surface area contributed by atoms with Gasteiger partial charge in [0.05, 0.1) is 5.56 Å². The van der Waals surface area contributed by atoms with Crippen LogP contribution in [0.5, 0.6) is 0 Å². The first kappa shape index (κ1) is 15.0. The molecule has 0 saturated carbocycles. The third-order valence-electron chi connectivity index (χ3n) is 3.57. The zero-order valence-corrected chi connectivity index (χ0v) is 10.8. The summed E-state index contributed by atoms with van der Waals surface area (Å²) < 4.78 is 52.9. The van der Waals surface area contributed by atoms with Gasteiger partial charge in [-0.25, -0.2) is 4.39 Å². The van der Waals surface area contributed by atoms with Gasteiger partial charge in [0, 0.05) is 19.3 Å². The van der Waals surface area contributed by atoms with Crippen LogP contribution < -0.4 is 5.32 Å². The molecule has 2 nitrogen and oxygen atoms in total. The molecule has 0 spiro atoms. The van der Waals surface area contributed by atoms with Crippen molar-refractivity contribution < 1.29 is 22.4 Å². The van der Waals surface area contributed by atoms with E-state index in [0.29, 0.717) is 13.1 Å². The van der Waals surface area contributed by atoms with Crippen molar-refractivity contribution in [1.29, 1.82) is 0 Å². The van der Waals surface area contributed by atoms with Crippen LogP contribution in [0.3, 0.4) is 0 Å². The maximum Gasteiger partial charge on any atom is 0.416 e. The number of rotatable bonds is 3. The summed E-state index contributed by atoms with van der Waals surface area (Å²) in [6.45, 7) is 0.728. The molecule has 2 rings (SSSR count). The van der Waals surface area contributed by atoms with E-state index < -0.39 is 29.6 Å². The first-order valence-electron chi connectivity index (χ1n) is 6.41. The summed E-state index contributed by atoms with van der Waals surface area (Å²) in [5.41, 5.74) is -3.05. The van der Waals surface area contributed by atoms with E-state index in [-0.39, 0.29) is 18.4 Å². The molecule has 0 unspecified atom stereocenters. The molecule has 0 bridgehead atoms. The van der Waals surface area contributed by atoms with E-state index >= 15 is 0 Å². The number of ketones is 1. The van der Waals surface area contributed by atoms with E-state index in [2.05, 4.69) is 5.32 Å². The van der Waals surface area contributed by atoms with Crippen LogP contribution in [0.25, 0.3) is 0 Å².